The van der Waals surface area contributed by atoms with Crippen molar-refractivity contribution in [3.63, 3.8) is 0 Å². The minimum Gasteiger partial charge on any atom is -0.492 e. The van der Waals surface area contributed by atoms with Crippen LogP contribution in [0.4, 0.5) is 0 Å². The largest absolute Gasteiger partial charge is 0.492 e. The Labute approximate surface area is 110 Å². The summed E-state index contributed by atoms with van der Waals surface area (Å²) in [5.74, 6) is 0.627. The highest BCUT2D eigenvalue weighted by atomic mass is 35.5. The predicted molar refractivity (Wildman–Crippen MR) is 70.5 cm³/mol. The van der Waals surface area contributed by atoms with Gasteiger partial charge in [0, 0.05) is 12.0 Å². The van der Waals surface area contributed by atoms with Crippen molar-refractivity contribution in [2.24, 2.45) is 0 Å². The van der Waals surface area contributed by atoms with Gasteiger partial charge < -0.3 is 4.74 Å². The van der Waals surface area contributed by atoms with E-state index in [0.717, 1.165) is 12.0 Å². The van der Waals surface area contributed by atoms with Gasteiger partial charge in [-0.05, 0) is 23.8 Å². The molecule has 1 heterocycles. The van der Waals surface area contributed by atoms with Crippen LogP contribution in [-0.4, -0.2) is 12.4 Å². The molecule has 2 nitrogen and oxygen atoms in total. The number of fused-ring (bicyclic) bond motifs is 1. The molecule has 3 rings (SSSR count). The summed E-state index contributed by atoms with van der Waals surface area (Å²) in [4.78, 5) is 12.5. The van der Waals surface area contributed by atoms with Gasteiger partial charge in [-0.3, -0.25) is 4.79 Å². The average molecular weight is 259 g/mol. The zero-order valence-corrected chi connectivity index (χ0v) is 10.4. The van der Waals surface area contributed by atoms with Crippen LogP contribution in [0.5, 0.6) is 5.75 Å². The van der Waals surface area contributed by atoms with Gasteiger partial charge in [0.25, 0.3) is 0 Å². The first-order valence-corrected chi connectivity index (χ1v) is 6.19. The minimum atomic E-state index is -0.0839. The number of carbonyl (C=O) groups excluding carboxylic acids is 1. The summed E-state index contributed by atoms with van der Waals surface area (Å²) in [6.07, 6.45) is 0.860. The van der Waals surface area contributed by atoms with Gasteiger partial charge in [0.1, 0.15) is 5.75 Å². The molecule has 0 atom stereocenters. The van der Waals surface area contributed by atoms with Crippen molar-refractivity contribution in [3.05, 3.63) is 64.2 Å². The number of halogens is 1. The molecule has 18 heavy (non-hydrogen) atoms. The van der Waals surface area contributed by atoms with Gasteiger partial charge >= 0.3 is 0 Å². The third-order valence-corrected chi connectivity index (χ3v) is 3.41. The van der Waals surface area contributed by atoms with Crippen LogP contribution in [-0.2, 0) is 6.42 Å². The summed E-state index contributed by atoms with van der Waals surface area (Å²) >= 11 is 6.06. The molecule has 0 aliphatic carbocycles. The number of para-hydroxylation sites is 1. The summed E-state index contributed by atoms with van der Waals surface area (Å²) < 4.78 is 5.55. The number of hydrogen-bond donors (Lipinski definition) is 0. The van der Waals surface area contributed by atoms with Crippen LogP contribution in [0.15, 0.2) is 42.5 Å². The lowest BCUT2D eigenvalue weighted by Gasteiger charge is -2.08. The highest BCUT2D eigenvalue weighted by Gasteiger charge is 2.22. The molecule has 0 spiro atoms. The van der Waals surface area contributed by atoms with Gasteiger partial charge in [-0.15, -0.1) is 0 Å². The molecule has 0 unspecified atom stereocenters. The van der Waals surface area contributed by atoms with E-state index in [4.69, 9.17) is 16.3 Å². The first kappa shape index (κ1) is 11.3. The first-order chi connectivity index (χ1) is 8.77. The number of hydrogen-bond acceptors (Lipinski definition) is 2. The molecule has 3 heteroatoms. The molecule has 0 aromatic heterocycles. The molecule has 0 N–H and O–H groups in total. The van der Waals surface area contributed by atoms with Gasteiger partial charge in [0.15, 0.2) is 5.78 Å². The Morgan fingerprint density at radius 2 is 1.83 bits per heavy atom. The van der Waals surface area contributed by atoms with Crippen LogP contribution in [0.25, 0.3) is 0 Å². The molecule has 2 aromatic rings. The fourth-order valence-corrected chi connectivity index (χ4v) is 2.41. The third-order valence-electron chi connectivity index (χ3n) is 3.08. The van der Waals surface area contributed by atoms with Crippen molar-refractivity contribution < 1.29 is 9.53 Å². The summed E-state index contributed by atoms with van der Waals surface area (Å²) in [6, 6.07) is 12.7. The zero-order valence-electron chi connectivity index (χ0n) is 9.65. The van der Waals surface area contributed by atoms with E-state index in [9.17, 15) is 4.79 Å². The van der Waals surface area contributed by atoms with Crippen LogP contribution in [0.2, 0.25) is 5.02 Å². The number of ketones is 1. The second kappa shape index (κ2) is 4.46. The number of benzene rings is 2. The minimum absolute atomic E-state index is 0.0839. The maximum Gasteiger partial charge on any atom is 0.198 e. The average Bonchev–Trinajstić information content (AvgIpc) is 2.86. The predicted octanol–water partition coefficient (Wildman–Crippen LogP) is 3.51. The fourth-order valence-electron chi connectivity index (χ4n) is 2.18. The smallest absolute Gasteiger partial charge is 0.198 e. The number of carbonyl (C=O) groups is 1. The lowest BCUT2D eigenvalue weighted by molar-refractivity contribution is 0.103. The molecule has 1 aliphatic rings. The Hall–Kier alpha value is -1.80. The van der Waals surface area contributed by atoms with Gasteiger partial charge in [-0.1, -0.05) is 35.9 Å². The quantitative estimate of drug-likeness (QED) is 0.771. The number of ether oxygens (including phenoxy) is 1. The Balaban J connectivity index is 2.09. The van der Waals surface area contributed by atoms with Gasteiger partial charge in [0.05, 0.1) is 17.2 Å². The molecule has 90 valence electrons. The van der Waals surface area contributed by atoms with Crippen molar-refractivity contribution in [1.82, 2.24) is 0 Å². The van der Waals surface area contributed by atoms with Crippen LogP contribution < -0.4 is 4.74 Å². The highest BCUT2D eigenvalue weighted by molar-refractivity contribution is 6.35. The lowest BCUT2D eigenvalue weighted by atomic mass is 10.00. The summed E-state index contributed by atoms with van der Waals surface area (Å²) in [5, 5.41) is 0.470. The summed E-state index contributed by atoms with van der Waals surface area (Å²) in [5.41, 5.74) is 2.20. The van der Waals surface area contributed by atoms with Crippen LogP contribution in [0, 0.1) is 0 Å². The standard InChI is InChI=1S/C15H11ClO2/c16-13-7-2-1-5-11(13)14(17)12-6-3-4-10-8-9-18-15(10)12/h1-7H,8-9H2. The van der Waals surface area contributed by atoms with Crippen molar-refractivity contribution in [3.8, 4) is 5.75 Å². The zero-order chi connectivity index (χ0) is 12.5. The summed E-state index contributed by atoms with van der Waals surface area (Å²) in [7, 11) is 0. The van der Waals surface area contributed by atoms with Crippen molar-refractivity contribution >= 4 is 17.4 Å². The molecule has 0 saturated carbocycles. The molecule has 0 fully saturated rings. The van der Waals surface area contributed by atoms with Crippen molar-refractivity contribution in [2.75, 3.05) is 6.61 Å². The van der Waals surface area contributed by atoms with E-state index in [0.29, 0.717) is 28.5 Å². The third kappa shape index (κ3) is 1.79. The maximum atomic E-state index is 12.5. The second-order valence-electron chi connectivity index (χ2n) is 4.20. The van der Waals surface area contributed by atoms with Gasteiger partial charge in [-0.2, -0.15) is 0 Å². The molecule has 0 amide bonds. The van der Waals surface area contributed by atoms with E-state index in [1.165, 1.54) is 0 Å². The van der Waals surface area contributed by atoms with E-state index in [1.807, 2.05) is 24.3 Å². The molecule has 0 bridgehead atoms. The van der Waals surface area contributed by atoms with Crippen molar-refractivity contribution in [1.29, 1.82) is 0 Å². The number of rotatable bonds is 2. The Kier molecular flexibility index (Phi) is 2.80. The van der Waals surface area contributed by atoms with Gasteiger partial charge in [0.2, 0.25) is 0 Å². The highest BCUT2D eigenvalue weighted by Crippen LogP contribution is 2.32. The first-order valence-electron chi connectivity index (χ1n) is 5.81. The van der Waals surface area contributed by atoms with Crippen LogP contribution in [0.1, 0.15) is 21.5 Å². The van der Waals surface area contributed by atoms with Crippen molar-refractivity contribution in [2.45, 2.75) is 6.42 Å². The van der Waals surface area contributed by atoms with Crippen LogP contribution in [0.3, 0.4) is 0 Å². The van der Waals surface area contributed by atoms with E-state index in [-0.39, 0.29) is 5.78 Å². The van der Waals surface area contributed by atoms with E-state index >= 15 is 0 Å². The maximum absolute atomic E-state index is 12.5. The Morgan fingerprint density at radius 1 is 1.06 bits per heavy atom. The Bertz CT molecular complexity index is 620. The molecule has 0 saturated heterocycles. The topological polar surface area (TPSA) is 26.3 Å². The Morgan fingerprint density at radius 3 is 2.67 bits per heavy atom. The summed E-state index contributed by atoms with van der Waals surface area (Å²) in [6.45, 7) is 0.641. The fraction of sp³-hybridized carbons (Fsp3) is 0.133. The second-order valence-corrected chi connectivity index (χ2v) is 4.61. The molecule has 0 radical (unpaired) electrons. The monoisotopic (exact) mass is 258 g/mol. The normalized spacial score (nSPS) is 12.9. The van der Waals surface area contributed by atoms with Gasteiger partial charge in [-0.25, -0.2) is 0 Å². The molecular weight excluding hydrogens is 248 g/mol. The molecule has 1 aliphatic heterocycles. The van der Waals surface area contributed by atoms with E-state index in [2.05, 4.69) is 0 Å². The van der Waals surface area contributed by atoms with E-state index in [1.54, 1.807) is 18.2 Å². The SMILES string of the molecule is O=C(c1ccccc1Cl)c1cccc2c1OCC2. The lowest BCUT2D eigenvalue weighted by Crippen LogP contribution is -2.04. The van der Waals surface area contributed by atoms with E-state index < -0.39 is 0 Å². The molecular formula is C15H11ClO2. The van der Waals surface area contributed by atoms with Crippen LogP contribution >= 0.6 is 11.6 Å². The molecule has 2 aromatic carbocycles.